The largest absolute Gasteiger partial charge is 0.448 e. The van der Waals surface area contributed by atoms with Crippen molar-refractivity contribution in [2.45, 2.75) is 26.4 Å². The van der Waals surface area contributed by atoms with E-state index in [-0.39, 0.29) is 0 Å². The van der Waals surface area contributed by atoms with Crippen molar-refractivity contribution in [2.24, 2.45) is 0 Å². The van der Waals surface area contributed by atoms with E-state index >= 15 is 0 Å². The summed E-state index contributed by atoms with van der Waals surface area (Å²) in [5, 5.41) is 3.42. The molecule has 0 amide bonds. The first kappa shape index (κ1) is 9.68. The van der Waals surface area contributed by atoms with Crippen molar-refractivity contribution in [3.05, 3.63) is 17.8 Å². The Morgan fingerprint density at radius 3 is 3.21 bits per heavy atom. The monoisotopic (exact) mass is 195 g/mol. The predicted octanol–water partition coefficient (Wildman–Crippen LogP) is 0.777. The number of rotatable bonds is 2. The molecule has 0 aromatic carbocycles. The van der Waals surface area contributed by atoms with E-state index in [0.717, 1.165) is 37.6 Å². The Morgan fingerprint density at radius 1 is 1.71 bits per heavy atom. The van der Waals surface area contributed by atoms with Gasteiger partial charge in [-0.15, -0.1) is 0 Å². The lowest BCUT2D eigenvalue weighted by molar-refractivity contribution is 0.197. The van der Waals surface area contributed by atoms with E-state index in [1.165, 1.54) is 6.39 Å². The van der Waals surface area contributed by atoms with Crippen LogP contribution in [0.4, 0.5) is 0 Å². The minimum atomic E-state index is 0.580. The normalized spacial score (nSPS) is 24.0. The molecule has 1 aliphatic rings. The maximum absolute atomic E-state index is 5.18. The van der Waals surface area contributed by atoms with Gasteiger partial charge in [0.1, 0.15) is 5.76 Å². The highest BCUT2D eigenvalue weighted by atomic mass is 16.3. The molecule has 1 N–H and O–H groups in total. The van der Waals surface area contributed by atoms with Gasteiger partial charge < -0.3 is 9.73 Å². The molecule has 1 saturated heterocycles. The topological polar surface area (TPSA) is 41.3 Å². The molecule has 1 aromatic heterocycles. The number of hydrogen-bond acceptors (Lipinski definition) is 4. The summed E-state index contributed by atoms with van der Waals surface area (Å²) >= 11 is 0. The van der Waals surface area contributed by atoms with Gasteiger partial charge in [-0.1, -0.05) is 0 Å². The predicted molar refractivity (Wildman–Crippen MR) is 54.0 cm³/mol. The lowest BCUT2D eigenvalue weighted by Gasteiger charge is -2.31. The Kier molecular flexibility index (Phi) is 2.84. The van der Waals surface area contributed by atoms with Gasteiger partial charge in [-0.05, 0) is 13.8 Å². The van der Waals surface area contributed by atoms with E-state index in [1.54, 1.807) is 0 Å². The van der Waals surface area contributed by atoms with Crippen LogP contribution in [0.2, 0.25) is 0 Å². The highest BCUT2D eigenvalue weighted by Gasteiger charge is 2.17. The minimum absolute atomic E-state index is 0.580. The summed E-state index contributed by atoms with van der Waals surface area (Å²) < 4.78 is 5.18. The molecule has 0 unspecified atom stereocenters. The molecule has 78 valence electrons. The molecule has 2 heterocycles. The third-order valence-corrected chi connectivity index (χ3v) is 2.67. The number of oxazole rings is 1. The Balaban J connectivity index is 1.94. The van der Waals surface area contributed by atoms with Crippen LogP contribution in [0, 0.1) is 6.92 Å². The van der Waals surface area contributed by atoms with Crippen LogP contribution in [-0.2, 0) is 6.54 Å². The zero-order valence-electron chi connectivity index (χ0n) is 8.79. The minimum Gasteiger partial charge on any atom is -0.448 e. The van der Waals surface area contributed by atoms with E-state index in [9.17, 15) is 0 Å². The van der Waals surface area contributed by atoms with Crippen LogP contribution in [0.3, 0.4) is 0 Å². The van der Waals surface area contributed by atoms with Gasteiger partial charge >= 0.3 is 0 Å². The number of nitrogens with zero attached hydrogens (tertiary/aromatic N) is 2. The van der Waals surface area contributed by atoms with Crippen molar-refractivity contribution in [1.82, 2.24) is 15.2 Å². The summed E-state index contributed by atoms with van der Waals surface area (Å²) in [6.45, 7) is 8.34. The molecule has 4 heteroatoms. The van der Waals surface area contributed by atoms with Crippen LogP contribution < -0.4 is 5.32 Å². The number of aromatic nitrogens is 1. The standard InChI is InChI=1S/C10H17N3O/c1-8-5-13(4-3-11-8)6-10-9(2)14-7-12-10/h7-8,11H,3-6H2,1-2H3/t8-/m1/s1. The van der Waals surface area contributed by atoms with Crippen molar-refractivity contribution in [1.29, 1.82) is 0 Å². The summed E-state index contributed by atoms with van der Waals surface area (Å²) in [7, 11) is 0. The summed E-state index contributed by atoms with van der Waals surface area (Å²) in [5.41, 5.74) is 1.07. The Bertz CT molecular complexity index is 297. The molecule has 2 rings (SSSR count). The maximum atomic E-state index is 5.18. The van der Waals surface area contributed by atoms with Crippen LogP contribution in [0.15, 0.2) is 10.8 Å². The van der Waals surface area contributed by atoms with Gasteiger partial charge in [0.05, 0.1) is 5.69 Å². The van der Waals surface area contributed by atoms with Crippen molar-refractivity contribution >= 4 is 0 Å². The zero-order chi connectivity index (χ0) is 9.97. The fraction of sp³-hybridized carbons (Fsp3) is 0.700. The molecule has 1 atom stereocenters. The number of hydrogen-bond donors (Lipinski definition) is 1. The molecule has 0 bridgehead atoms. The van der Waals surface area contributed by atoms with Gasteiger partial charge in [0.15, 0.2) is 6.39 Å². The first-order valence-corrected chi connectivity index (χ1v) is 5.10. The molecular weight excluding hydrogens is 178 g/mol. The molecule has 0 radical (unpaired) electrons. The van der Waals surface area contributed by atoms with Crippen molar-refractivity contribution in [2.75, 3.05) is 19.6 Å². The summed E-state index contributed by atoms with van der Waals surface area (Å²) in [6.07, 6.45) is 1.52. The molecule has 4 nitrogen and oxygen atoms in total. The molecule has 1 fully saturated rings. The highest BCUT2D eigenvalue weighted by Crippen LogP contribution is 2.09. The molecule has 1 aliphatic heterocycles. The molecule has 0 spiro atoms. The Morgan fingerprint density at radius 2 is 2.57 bits per heavy atom. The summed E-state index contributed by atoms with van der Waals surface area (Å²) in [5.74, 6) is 0.941. The van der Waals surface area contributed by atoms with E-state index in [1.807, 2.05) is 6.92 Å². The van der Waals surface area contributed by atoms with E-state index < -0.39 is 0 Å². The van der Waals surface area contributed by atoms with E-state index in [0.29, 0.717) is 6.04 Å². The molecule has 1 aromatic rings. The molecule has 0 aliphatic carbocycles. The van der Waals surface area contributed by atoms with Crippen molar-refractivity contribution < 1.29 is 4.42 Å². The molecule has 14 heavy (non-hydrogen) atoms. The summed E-state index contributed by atoms with van der Waals surface area (Å²) in [6, 6.07) is 0.580. The molecule has 0 saturated carbocycles. The SMILES string of the molecule is Cc1ocnc1CN1CCN[C@H](C)C1. The van der Waals surface area contributed by atoms with Crippen molar-refractivity contribution in [3.8, 4) is 0 Å². The van der Waals surface area contributed by atoms with Gasteiger partial charge in [-0.3, -0.25) is 4.90 Å². The maximum Gasteiger partial charge on any atom is 0.181 e. The van der Waals surface area contributed by atoms with Gasteiger partial charge in [0.25, 0.3) is 0 Å². The number of nitrogens with one attached hydrogen (secondary N) is 1. The van der Waals surface area contributed by atoms with Crippen molar-refractivity contribution in [3.63, 3.8) is 0 Å². The fourth-order valence-electron chi connectivity index (χ4n) is 1.85. The quantitative estimate of drug-likeness (QED) is 0.757. The first-order valence-electron chi connectivity index (χ1n) is 5.10. The van der Waals surface area contributed by atoms with Crippen LogP contribution >= 0.6 is 0 Å². The van der Waals surface area contributed by atoms with Crippen LogP contribution in [0.5, 0.6) is 0 Å². The third kappa shape index (κ3) is 2.13. The fourth-order valence-corrected chi connectivity index (χ4v) is 1.85. The van der Waals surface area contributed by atoms with Gasteiger partial charge in [0, 0.05) is 32.2 Å². The van der Waals surface area contributed by atoms with Crippen LogP contribution in [-0.4, -0.2) is 35.6 Å². The van der Waals surface area contributed by atoms with E-state index in [2.05, 4.69) is 22.1 Å². The first-order chi connectivity index (χ1) is 6.75. The second-order valence-corrected chi connectivity index (χ2v) is 3.95. The van der Waals surface area contributed by atoms with Gasteiger partial charge in [0.2, 0.25) is 0 Å². The average molecular weight is 195 g/mol. The van der Waals surface area contributed by atoms with Crippen LogP contribution in [0.25, 0.3) is 0 Å². The smallest absolute Gasteiger partial charge is 0.181 e. The lowest BCUT2D eigenvalue weighted by atomic mass is 10.2. The van der Waals surface area contributed by atoms with Gasteiger partial charge in [-0.2, -0.15) is 0 Å². The number of aryl methyl sites for hydroxylation is 1. The van der Waals surface area contributed by atoms with Crippen LogP contribution in [0.1, 0.15) is 18.4 Å². The Hall–Kier alpha value is -0.870. The highest BCUT2D eigenvalue weighted by molar-refractivity contribution is 5.04. The second-order valence-electron chi connectivity index (χ2n) is 3.95. The van der Waals surface area contributed by atoms with Gasteiger partial charge in [-0.25, -0.2) is 4.98 Å². The lowest BCUT2D eigenvalue weighted by Crippen LogP contribution is -2.48. The number of piperazine rings is 1. The summed E-state index contributed by atoms with van der Waals surface area (Å²) in [4.78, 5) is 6.61. The Labute approximate surface area is 84.3 Å². The molecular formula is C10H17N3O. The zero-order valence-corrected chi connectivity index (χ0v) is 8.79. The third-order valence-electron chi connectivity index (χ3n) is 2.67. The average Bonchev–Trinajstić information content (AvgIpc) is 2.52. The van der Waals surface area contributed by atoms with E-state index in [4.69, 9.17) is 4.42 Å². The second kappa shape index (κ2) is 4.11.